The number of amides is 1. The first-order chi connectivity index (χ1) is 9.44. The first-order valence-electron chi connectivity index (χ1n) is 7.52. The van der Waals surface area contributed by atoms with E-state index >= 15 is 0 Å². The van der Waals surface area contributed by atoms with Crippen LogP contribution in [-0.4, -0.2) is 34.1 Å². The molecule has 3 nitrogen and oxygen atoms in total. The molecule has 1 aliphatic carbocycles. The summed E-state index contributed by atoms with van der Waals surface area (Å²) in [5.41, 5.74) is 0.524. The van der Waals surface area contributed by atoms with Crippen molar-refractivity contribution in [3.63, 3.8) is 0 Å². The van der Waals surface area contributed by atoms with Crippen molar-refractivity contribution in [2.75, 3.05) is 0 Å². The summed E-state index contributed by atoms with van der Waals surface area (Å²) in [5, 5.41) is 0. The van der Waals surface area contributed by atoms with Crippen molar-refractivity contribution in [3.05, 3.63) is 35.9 Å². The maximum atomic E-state index is 12.7. The fraction of sp³-hybridized carbons (Fsp3) is 0.588. The molecule has 20 heavy (non-hydrogen) atoms. The highest BCUT2D eigenvalue weighted by Gasteiger charge is 2.72. The van der Waals surface area contributed by atoms with Crippen LogP contribution in [0, 0.1) is 5.92 Å². The van der Waals surface area contributed by atoms with Crippen LogP contribution in [0.3, 0.4) is 0 Å². The summed E-state index contributed by atoms with van der Waals surface area (Å²) in [6.45, 7) is 6.53. The molecule has 4 aliphatic rings. The molecule has 1 aromatic rings. The van der Waals surface area contributed by atoms with Crippen LogP contribution in [0.25, 0.3) is 0 Å². The highest BCUT2D eigenvalue weighted by Crippen LogP contribution is 2.60. The number of nitrogens with zero attached hydrogens (tertiary/aromatic N) is 1. The van der Waals surface area contributed by atoms with E-state index in [0.29, 0.717) is 12.0 Å². The first-order valence-corrected chi connectivity index (χ1v) is 7.52. The molecule has 0 radical (unpaired) electrons. The summed E-state index contributed by atoms with van der Waals surface area (Å²) in [6, 6.07) is 10.3. The Hall–Kier alpha value is -1.35. The van der Waals surface area contributed by atoms with E-state index in [1.165, 1.54) is 6.42 Å². The summed E-state index contributed by atoms with van der Waals surface area (Å²) < 4.78 is 6.34. The molecule has 2 bridgehead atoms. The third kappa shape index (κ3) is 1.47. The Morgan fingerprint density at radius 3 is 2.60 bits per heavy atom. The summed E-state index contributed by atoms with van der Waals surface area (Å²) in [6.07, 6.45) is 2.24. The van der Waals surface area contributed by atoms with Crippen LogP contribution in [-0.2, 0) is 4.74 Å². The molecule has 1 saturated carbocycles. The van der Waals surface area contributed by atoms with E-state index < -0.39 is 0 Å². The third-order valence-electron chi connectivity index (χ3n) is 5.49. The van der Waals surface area contributed by atoms with Gasteiger partial charge < -0.3 is 9.64 Å². The Labute approximate surface area is 119 Å². The molecule has 0 unspecified atom stereocenters. The molecule has 5 rings (SSSR count). The lowest BCUT2D eigenvalue weighted by atomic mass is 9.69. The van der Waals surface area contributed by atoms with Crippen molar-refractivity contribution in [2.24, 2.45) is 5.92 Å². The number of hydrogen-bond acceptors (Lipinski definition) is 2. The maximum Gasteiger partial charge on any atom is 0.254 e. The number of carbonyl (C=O) groups is 1. The highest BCUT2D eigenvalue weighted by molar-refractivity contribution is 5.96. The lowest BCUT2D eigenvalue weighted by Crippen LogP contribution is -2.58. The molecule has 3 aliphatic heterocycles. The van der Waals surface area contributed by atoms with Crippen LogP contribution in [0.5, 0.6) is 0 Å². The molecule has 0 aromatic heterocycles. The van der Waals surface area contributed by atoms with E-state index in [4.69, 9.17) is 4.74 Å². The molecule has 0 spiro atoms. The molecule has 3 heterocycles. The standard InChI is InChI=1S/C17H21NO2/c1-16(2)12-9-10-17(3,20-16)14-13(12)18(14)15(19)11-7-5-4-6-8-11/h4-8,12-14H,9-10H2,1-3H3/t12-,13-,14+,17-,18?/m1/s1. The SMILES string of the molecule is CC1(C)O[C@]2(C)CC[C@@H]1[C@@H]1[C@@H]2N1C(=O)c1ccccc1. The van der Waals surface area contributed by atoms with Gasteiger partial charge in [-0.3, -0.25) is 4.79 Å². The molecule has 0 N–H and O–H groups in total. The molecular formula is C17H21NO2. The topological polar surface area (TPSA) is 29.3 Å². The Kier molecular flexibility index (Phi) is 2.26. The number of benzene rings is 1. The molecule has 1 aromatic carbocycles. The first kappa shape index (κ1) is 12.4. The van der Waals surface area contributed by atoms with E-state index in [9.17, 15) is 4.79 Å². The molecule has 3 saturated heterocycles. The van der Waals surface area contributed by atoms with Crippen LogP contribution in [0.2, 0.25) is 0 Å². The van der Waals surface area contributed by atoms with Gasteiger partial charge in [0.05, 0.1) is 23.3 Å². The summed E-state index contributed by atoms with van der Waals surface area (Å²) in [5.74, 6) is 0.641. The monoisotopic (exact) mass is 271 g/mol. The average Bonchev–Trinajstić information content (AvgIpc) is 3.14. The minimum atomic E-state index is -0.159. The van der Waals surface area contributed by atoms with Gasteiger partial charge in [-0.15, -0.1) is 0 Å². The minimum absolute atomic E-state index is 0.111. The molecule has 3 heteroatoms. The van der Waals surface area contributed by atoms with Crippen molar-refractivity contribution < 1.29 is 9.53 Å². The Balaban J connectivity index is 1.67. The molecule has 4 atom stereocenters. The van der Waals surface area contributed by atoms with Gasteiger partial charge >= 0.3 is 0 Å². The van der Waals surface area contributed by atoms with Crippen LogP contribution in [0.15, 0.2) is 30.3 Å². The number of hydrogen-bond donors (Lipinski definition) is 0. The van der Waals surface area contributed by atoms with Gasteiger partial charge in [0.1, 0.15) is 0 Å². The van der Waals surface area contributed by atoms with Gasteiger partial charge in [0.25, 0.3) is 5.91 Å². The zero-order chi connectivity index (χ0) is 14.1. The fourth-order valence-corrected chi connectivity index (χ4v) is 4.62. The molecule has 1 amide bonds. The van der Waals surface area contributed by atoms with E-state index in [-0.39, 0.29) is 23.2 Å². The number of fused-ring (bicyclic) bond motifs is 2. The fourth-order valence-electron chi connectivity index (χ4n) is 4.62. The van der Waals surface area contributed by atoms with Crippen molar-refractivity contribution >= 4 is 5.91 Å². The number of carbonyl (C=O) groups excluding carboxylic acids is 1. The lowest BCUT2D eigenvalue weighted by Gasteiger charge is -2.51. The van der Waals surface area contributed by atoms with Gasteiger partial charge in [-0.1, -0.05) is 18.2 Å². The minimum Gasteiger partial charge on any atom is -0.367 e. The zero-order valence-electron chi connectivity index (χ0n) is 12.3. The van der Waals surface area contributed by atoms with Gasteiger partial charge in [0.15, 0.2) is 0 Å². The van der Waals surface area contributed by atoms with Crippen LogP contribution in [0.4, 0.5) is 0 Å². The molecular weight excluding hydrogens is 250 g/mol. The smallest absolute Gasteiger partial charge is 0.254 e. The van der Waals surface area contributed by atoms with Gasteiger partial charge in [-0.2, -0.15) is 0 Å². The quantitative estimate of drug-likeness (QED) is 0.735. The van der Waals surface area contributed by atoms with Crippen LogP contribution in [0.1, 0.15) is 44.0 Å². The number of likely N-dealkylation sites (tertiary alicyclic amines) is 1. The van der Waals surface area contributed by atoms with E-state index in [0.717, 1.165) is 12.0 Å². The Morgan fingerprint density at radius 2 is 1.95 bits per heavy atom. The Morgan fingerprint density at radius 1 is 1.25 bits per heavy atom. The van der Waals surface area contributed by atoms with Gasteiger partial charge in [-0.25, -0.2) is 0 Å². The zero-order valence-corrected chi connectivity index (χ0v) is 12.3. The number of ether oxygens (including phenoxy) is 1. The van der Waals surface area contributed by atoms with E-state index in [1.807, 2.05) is 30.3 Å². The predicted molar refractivity (Wildman–Crippen MR) is 76.5 cm³/mol. The summed E-state index contributed by atoms with van der Waals surface area (Å²) >= 11 is 0. The van der Waals surface area contributed by atoms with Gasteiger partial charge in [0, 0.05) is 11.5 Å². The van der Waals surface area contributed by atoms with Crippen molar-refractivity contribution in [1.29, 1.82) is 0 Å². The van der Waals surface area contributed by atoms with Crippen LogP contribution >= 0.6 is 0 Å². The molecule has 4 fully saturated rings. The summed E-state index contributed by atoms with van der Waals surface area (Å²) in [7, 11) is 0. The van der Waals surface area contributed by atoms with Crippen LogP contribution < -0.4 is 0 Å². The van der Waals surface area contributed by atoms with E-state index in [2.05, 4.69) is 25.7 Å². The normalized spacial score (nSPS) is 40.4. The summed E-state index contributed by atoms with van der Waals surface area (Å²) in [4.78, 5) is 14.8. The van der Waals surface area contributed by atoms with Crippen molar-refractivity contribution in [1.82, 2.24) is 4.90 Å². The Bertz CT molecular complexity index is 568. The maximum absolute atomic E-state index is 12.7. The largest absolute Gasteiger partial charge is 0.367 e. The lowest BCUT2D eigenvalue weighted by molar-refractivity contribution is -0.214. The van der Waals surface area contributed by atoms with E-state index in [1.54, 1.807) is 0 Å². The van der Waals surface area contributed by atoms with Gasteiger partial charge in [0.2, 0.25) is 0 Å². The second-order valence-electron chi connectivity index (χ2n) is 7.18. The second kappa shape index (κ2) is 3.64. The predicted octanol–water partition coefficient (Wildman–Crippen LogP) is 2.86. The third-order valence-corrected chi connectivity index (χ3v) is 5.49. The second-order valence-corrected chi connectivity index (χ2v) is 7.18. The number of rotatable bonds is 1. The highest BCUT2D eigenvalue weighted by atomic mass is 16.5. The average molecular weight is 271 g/mol. The molecule has 106 valence electrons. The van der Waals surface area contributed by atoms with Gasteiger partial charge in [-0.05, 0) is 45.7 Å². The van der Waals surface area contributed by atoms with Crippen molar-refractivity contribution in [3.8, 4) is 0 Å². The van der Waals surface area contributed by atoms with Crippen molar-refractivity contribution in [2.45, 2.75) is 56.9 Å².